The normalized spacial score (nSPS) is 12.4. The zero-order valence-electron chi connectivity index (χ0n) is 10.2. The van der Waals surface area contributed by atoms with Gasteiger partial charge in [0.25, 0.3) is 0 Å². The number of sulfonamides is 1. The Morgan fingerprint density at radius 1 is 1.28 bits per heavy atom. The summed E-state index contributed by atoms with van der Waals surface area (Å²) in [4.78, 5) is -0.0374. The van der Waals surface area contributed by atoms with Gasteiger partial charge in [0.2, 0.25) is 10.0 Å². The van der Waals surface area contributed by atoms with Crippen LogP contribution in [0.25, 0.3) is 0 Å². The third kappa shape index (κ3) is 3.20. The van der Waals surface area contributed by atoms with E-state index in [1.807, 2.05) is 13.8 Å². The third-order valence-electron chi connectivity index (χ3n) is 2.42. The maximum atomic E-state index is 12.5. The standard InChI is InChI=1S/C11H14BrCl2NO2S/c1-4-15(7(2)3)18(16,17)11-9(13)5-8(12)6-10(11)14/h5-7H,4H2,1-3H3. The molecule has 0 aromatic heterocycles. The third-order valence-corrected chi connectivity index (χ3v) is 5.95. The first kappa shape index (κ1) is 16.2. The molecule has 18 heavy (non-hydrogen) atoms. The van der Waals surface area contributed by atoms with Gasteiger partial charge in [-0.3, -0.25) is 0 Å². The lowest BCUT2D eigenvalue weighted by molar-refractivity contribution is 0.369. The fourth-order valence-corrected chi connectivity index (χ4v) is 5.24. The predicted molar refractivity (Wildman–Crippen MR) is 78.9 cm³/mol. The van der Waals surface area contributed by atoms with Crippen molar-refractivity contribution in [1.29, 1.82) is 0 Å². The zero-order valence-corrected chi connectivity index (χ0v) is 14.2. The van der Waals surface area contributed by atoms with Crippen molar-refractivity contribution in [2.45, 2.75) is 31.7 Å². The van der Waals surface area contributed by atoms with E-state index in [2.05, 4.69) is 15.9 Å². The first-order valence-corrected chi connectivity index (χ1v) is 8.37. The van der Waals surface area contributed by atoms with E-state index >= 15 is 0 Å². The minimum Gasteiger partial charge on any atom is -0.207 e. The van der Waals surface area contributed by atoms with E-state index in [0.717, 1.165) is 0 Å². The summed E-state index contributed by atoms with van der Waals surface area (Å²) in [6.07, 6.45) is 0. The van der Waals surface area contributed by atoms with Crippen LogP contribution in [-0.2, 0) is 10.0 Å². The molecule has 7 heteroatoms. The summed E-state index contributed by atoms with van der Waals surface area (Å²) in [7, 11) is -3.68. The summed E-state index contributed by atoms with van der Waals surface area (Å²) in [5, 5.41) is 0.238. The summed E-state index contributed by atoms with van der Waals surface area (Å²) in [6.45, 7) is 5.75. The Morgan fingerprint density at radius 3 is 2.06 bits per heavy atom. The van der Waals surface area contributed by atoms with Crippen LogP contribution in [0.1, 0.15) is 20.8 Å². The van der Waals surface area contributed by atoms with Crippen LogP contribution in [0.3, 0.4) is 0 Å². The Kier molecular flexibility index (Phi) is 5.50. The minimum absolute atomic E-state index is 0.0374. The van der Waals surface area contributed by atoms with Crippen LogP contribution in [0.4, 0.5) is 0 Å². The average Bonchev–Trinajstić information content (AvgIpc) is 2.14. The molecule has 0 aliphatic rings. The van der Waals surface area contributed by atoms with Crippen molar-refractivity contribution in [2.24, 2.45) is 0 Å². The van der Waals surface area contributed by atoms with Crippen LogP contribution in [0, 0.1) is 0 Å². The molecule has 0 N–H and O–H groups in total. The maximum absolute atomic E-state index is 12.5. The van der Waals surface area contributed by atoms with E-state index in [1.54, 1.807) is 6.92 Å². The van der Waals surface area contributed by atoms with E-state index in [0.29, 0.717) is 11.0 Å². The summed E-state index contributed by atoms with van der Waals surface area (Å²) < 4.78 is 27.0. The molecular weight excluding hydrogens is 361 g/mol. The quantitative estimate of drug-likeness (QED) is 0.792. The highest BCUT2D eigenvalue weighted by molar-refractivity contribution is 9.10. The number of benzene rings is 1. The molecule has 0 saturated heterocycles. The van der Waals surface area contributed by atoms with Crippen molar-refractivity contribution in [1.82, 2.24) is 4.31 Å². The number of nitrogens with zero attached hydrogens (tertiary/aromatic N) is 1. The first-order valence-electron chi connectivity index (χ1n) is 5.38. The molecule has 0 bridgehead atoms. The van der Waals surface area contributed by atoms with Gasteiger partial charge in [-0.15, -0.1) is 0 Å². The van der Waals surface area contributed by atoms with Crippen molar-refractivity contribution < 1.29 is 8.42 Å². The van der Waals surface area contributed by atoms with Crippen LogP contribution in [0.5, 0.6) is 0 Å². The second-order valence-corrected chi connectivity index (χ2v) is 7.56. The molecule has 0 unspecified atom stereocenters. The molecule has 0 saturated carbocycles. The Morgan fingerprint density at radius 2 is 1.72 bits per heavy atom. The molecule has 0 atom stereocenters. The zero-order chi connectivity index (χ0) is 14.1. The largest absolute Gasteiger partial charge is 0.246 e. The highest BCUT2D eigenvalue weighted by atomic mass is 79.9. The maximum Gasteiger partial charge on any atom is 0.246 e. The SMILES string of the molecule is CCN(C(C)C)S(=O)(=O)c1c(Cl)cc(Br)cc1Cl. The monoisotopic (exact) mass is 373 g/mol. The fourth-order valence-electron chi connectivity index (χ4n) is 1.71. The van der Waals surface area contributed by atoms with E-state index in [-0.39, 0.29) is 21.0 Å². The second kappa shape index (κ2) is 6.09. The van der Waals surface area contributed by atoms with Gasteiger partial charge in [-0.05, 0) is 26.0 Å². The summed E-state index contributed by atoms with van der Waals surface area (Å²) in [6, 6.07) is 2.89. The molecule has 1 aromatic carbocycles. The Bertz CT molecular complexity index is 523. The number of hydrogen-bond acceptors (Lipinski definition) is 2. The van der Waals surface area contributed by atoms with Crippen LogP contribution in [-0.4, -0.2) is 25.3 Å². The summed E-state index contributed by atoms with van der Waals surface area (Å²) in [5.74, 6) is 0. The summed E-state index contributed by atoms with van der Waals surface area (Å²) in [5.41, 5.74) is 0. The van der Waals surface area contributed by atoms with Crippen molar-refractivity contribution in [3.8, 4) is 0 Å². The van der Waals surface area contributed by atoms with Crippen LogP contribution in [0.2, 0.25) is 10.0 Å². The van der Waals surface area contributed by atoms with Crippen LogP contribution in [0.15, 0.2) is 21.5 Å². The van der Waals surface area contributed by atoms with E-state index < -0.39 is 10.0 Å². The van der Waals surface area contributed by atoms with E-state index in [4.69, 9.17) is 23.2 Å². The minimum atomic E-state index is -3.68. The van der Waals surface area contributed by atoms with Crippen molar-refractivity contribution >= 4 is 49.2 Å². The van der Waals surface area contributed by atoms with Gasteiger partial charge in [0.05, 0.1) is 10.0 Å². The topological polar surface area (TPSA) is 37.4 Å². The van der Waals surface area contributed by atoms with Crippen molar-refractivity contribution in [3.05, 3.63) is 26.7 Å². The molecule has 0 aliphatic heterocycles. The predicted octanol–water partition coefficient (Wildman–Crippen LogP) is 4.17. The Balaban J connectivity index is 3.46. The van der Waals surface area contributed by atoms with Gasteiger partial charge in [0.1, 0.15) is 4.90 Å². The smallest absolute Gasteiger partial charge is 0.207 e. The molecule has 0 heterocycles. The molecule has 0 aliphatic carbocycles. The lowest BCUT2D eigenvalue weighted by Crippen LogP contribution is -2.36. The molecule has 102 valence electrons. The van der Waals surface area contributed by atoms with Gasteiger partial charge in [-0.25, -0.2) is 8.42 Å². The number of rotatable bonds is 4. The van der Waals surface area contributed by atoms with Crippen molar-refractivity contribution in [2.75, 3.05) is 6.54 Å². The Labute approximate surface area is 126 Å². The highest BCUT2D eigenvalue weighted by Gasteiger charge is 2.30. The van der Waals surface area contributed by atoms with Crippen LogP contribution >= 0.6 is 39.1 Å². The van der Waals surface area contributed by atoms with Gasteiger partial charge in [0, 0.05) is 17.1 Å². The molecule has 3 nitrogen and oxygen atoms in total. The molecule has 0 fully saturated rings. The van der Waals surface area contributed by atoms with E-state index in [9.17, 15) is 8.42 Å². The first-order chi connectivity index (χ1) is 8.21. The van der Waals surface area contributed by atoms with Gasteiger partial charge >= 0.3 is 0 Å². The van der Waals surface area contributed by atoms with Gasteiger partial charge in [0.15, 0.2) is 0 Å². The Hall–Kier alpha value is 0.190. The molecule has 1 aromatic rings. The molecule has 0 radical (unpaired) electrons. The molecule has 0 amide bonds. The molecule has 1 rings (SSSR count). The fraction of sp³-hybridized carbons (Fsp3) is 0.455. The van der Waals surface area contributed by atoms with Crippen LogP contribution < -0.4 is 0 Å². The van der Waals surface area contributed by atoms with E-state index in [1.165, 1.54) is 16.4 Å². The summed E-state index contributed by atoms with van der Waals surface area (Å²) >= 11 is 15.2. The second-order valence-electron chi connectivity index (χ2n) is 4.00. The lowest BCUT2D eigenvalue weighted by Gasteiger charge is -2.25. The average molecular weight is 375 g/mol. The van der Waals surface area contributed by atoms with Gasteiger partial charge in [-0.1, -0.05) is 46.1 Å². The van der Waals surface area contributed by atoms with Crippen molar-refractivity contribution in [3.63, 3.8) is 0 Å². The number of hydrogen-bond donors (Lipinski definition) is 0. The van der Waals surface area contributed by atoms with Gasteiger partial charge < -0.3 is 0 Å². The molecular formula is C11H14BrCl2NO2S. The lowest BCUT2D eigenvalue weighted by atomic mass is 10.4. The molecule has 0 spiro atoms. The van der Waals surface area contributed by atoms with Gasteiger partial charge in [-0.2, -0.15) is 4.31 Å². The highest BCUT2D eigenvalue weighted by Crippen LogP contribution is 2.35. The number of halogens is 3.